The number of hydrogen-bond donors (Lipinski definition) is 1. The monoisotopic (exact) mass is 364 g/mol. The summed E-state index contributed by atoms with van der Waals surface area (Å²) in [7, 11) is 0. The molecule has 20 heavy (non-hydrogen) atoms. The second-order valence-corrected chi connectivity index (χ2v) is 5.50. The van der Waals surface area contributed by atoms with E-state index >= 15 is 0 Å². The van der Waals surface area contributed by atoms with E-state index in [2.05, 4.69) is 15.9 Å². The maximum Gasteiger partial charge on any atom is 0.143 e. The fourth-order valence-corrected chi connectivity index (χ4v) is 2.36. The highest BCUT2D eigenvalue weighted by molar-refractivity contribution is 9.10. The quantitative estimate of drug-likeness (QED) is 0.775. The van der Waals surface area contributed by atoms with E-state index in [0.717, 1.165) is 12.1 Å². The summed E-state index contributed by atoms with van der Waals surface area (Å²) in [5.74, 6) is -2.32. The maximum atomic E-state index is 13.8. The summed E-state index contributed by atoms with van der Waals surface area (Å²) in [6, 6.07) is 6.03. The second-order valence-electron chi connectivity index (χ2n) is 4.21. The zero-order chi connectivity index (χ0) is 14.9. The number of rotatable bonds is 3. The topological polar surface area (TPSA) is 20.2 Å². The Balaban J connectivity index is 2.32. The van der Waals surface area contributed by atoms with Crippen LogP contribution in [-0.4, -0.2) is 5.11 Å². The summed E-state index contributed by atoms with van der Waals surface area (Å²) in [5.41, 5.74) is -0.366. The van der Waals surface area contributed by atoms with Gasteiger partial charge in [-0.2, -0.15) is 0 Å². The van der Waals surface area contributed by atoms with Crippen LogP contribution >= 0.6 is 27.5 Å². The highest BCUT2D eigenvalue weighted by atomic mass is 79.9. The van der Waals surface area contributed by atoms with Crippen molar-refractivity contribution < 1.29 is 18.3 Å². The van der Waals surface area contributed by atoms with E-state index in [1.165, 1.54) is 18.2 Å². The van der Waals surface area contributed by atoms with Crippen molar-refractivity contribution in [2.24, 2.45) is 0 Å². The Morgan fingerprint density at radius 1 is 1.10 bits per heavy atom. The highest BCUT2D eigenvalue weighted by Gasteiger charge is 2.19. The molecule has 2 aromatic rings. The molecular formula is C14H9BrClF3O. The van der Waals surface area contributed by atoms with Gasteiger partial charge in [-0.15, -0.1) is 0 Å². The van der Waals surface area contributed by atoms with Crippen LogP contribution in [0.2, 0.25) is 5.02 Å². The molecular weight excluding hydrogens is 357 g/mol. The Morgan fingerprint density at radius 2 is 1.80 bits per heavy atom. The Morgan fingerprint density at radius 3 is 2.45 bits per heavy atom. The van der Waals surface area contributed by atoms with Crippen molar-refractivity contribution in [2.75, 3.05) is 0 Å². The van der Waals surface area contributed by atoms with Crippen molar-refractivity contribution >= 4 is 27.5 Å². The molecule has 0 spiro atoms. The van der Waals surface area contributed by atoms with Crippen LogP contribution in [-0.2, 0) is 6.42 Å². The van der Waals surface area contributed by atoms with Gasteiger partial charge in [-0.3, -0.25) is 0 Å². The van der Waals surface area contributed by atoms with Crippen LogP contribution < -0.4 is 0 Å². The van der Waals surface area contributed by atoms with Gasteiger partial charge in [-0.25, -0.2) is 13.2 Å². The zero-order valence-corrected chi connectivity index (χ0v) is 12.4. The standard InChI is InChI=1S/C14H9BrClF3O/c15-10-3-4-11(17)9(14(10)19)6-13(20)8-2-1-7(16)5-12(8)18/h1-5,13,20H,6H2. The molecule has 2 rings (SSSR count). The van der Waals surface area contributed by atoms with Crippen molar-refractivity contribution in [3.8, 4) is 0 Å². The number of halogens is 5. The molecule has 0 fully saturated rings. The molecule has 2 aromatic carbocycles. The molecule has 0 heterocycles. The van der Waals surface area contributed by atoms with E-state index in [1.807, 2.05) is 0 Å². The van der Waals surface area contributed by atoms with E-state index in [0.29, 0.717) is 0 Å². The third kappa shape index (κ3) is 3.16. The normalized spacial score (nSPS) is 12.5. The van der Waals surface area contributed by atoms with Crippen LogP contribution in [0.4, 0.5) is 13.2 Å². The lowest BCUT2D eigenvalue weighted by atomic mass is 10.0. The van der Waals surface area contributed by atoms with Crippen molar-refractivity contribution in [1.82, 2.24) is 0 Å². The molecule has 1 unspecified atom stereocenters. The van der Waals surface area contributed by atoms with Crippen LogP contribution in [0.3, 0.4) is 0 Å². The minimum absolute atomic E-state index is 0.0619. The van der Waals surface area contributed by atoms with Crippen LogP contribution in [0.25, 0.3) is 0 Å². The van der Waals surface area contributed by atoms with Gasteiger partial charge in [-0.05, 0) is 40.2 Å². The van der Waals surface area contributed by atoms with Crippen molar-refractivity contribution in [3.63, 3.8) is 0 Å². The molecule has 0 amide bonds. The predicted octanol–water partition coefficient (Wildman–Crippen LogP) is 4.80. The van der Waals surface area contributed by atoms with Crippen molar-refractivity contribution in [1.29, 1.82) is 0 Å². The molecule has 0 aromatic heterocycles. The lowest BCUT2D eigenvalue weighted by Gasteiger charge is -2.14. The average molecular weight is 366 g/mol. The van der Waals surface area contributed by atoms with Gasteiger partial charge in [0.05, 0.1) is 10.6 Å². The second kappa shape index (κ2) is 6.16. The summed E-state index contributed by atoms with van der Waals surface area (Å²) in [4.78, 5) is 0. The van der Waals surface area contributed by atoms with Gasteiger partial charge in [0.2, 0.25) is 0 Å². The lowest BCUT2D eigenvalue weighted by molar-refractivity contribution is 0.171. The molecule has 6 heteroatoms. The van der Waals surface area contributed by atoms with Gasteiger partial charge in [0.15, 0.2) is 0 Å². The minimum Gasteiger partial charge on any atom is -0.388 e. The van der Waals surface area contributed by atoms with Crippen molar-refractivity contribution in [3.05, 3.63) is 68.4 Å². The molecule has 0 aliphatic carbocycles. The summed E-state index contributed by atoms with van der Waals surface area (Å²) in [6.45, 7) is 0. The molecule has 0 saturated heterocycles. The van der Waals surface area contributed by atoms with E-state index < -0.39 is 23.6 Å². The van der Waals surface area contributed by atoms with Crippen molar-refractivity contribution in [2.45, 2.75) is 12.5 Å². The molecule has 106 valence electrons. The van der Waals surface area contributed by atoms with Gasteiger partial charge in [-0.1, -0.05) is 17.7 Å². The lowest BCUT2D eigenvalue weighted by Crippen LogP contribution is -2.08. The zero-order valence-electron chi connectivity index (χ0n) is 10.0. The van der Waals surface area contributed by atoms with Crippen LogP contribution in [0.5, 0.6) is 0 Å². The van der Waals surface area contributed by atoms with Crippen LogP contribution in [0.15, 0.2) is 34.8 Å². The molecule has 0 aliphatic heterocycles. The van der Waals surface area contributed by atoms with Crippen LogP contribution in [0.1, 0.15) is 17.2 Å². The third-order valence-electron chi connectivity index (χ3n) is 2.86. The van der Waals surface area contributed by atoms with Gasteiger partial charge >= 0.3 is 0 Å². The molecule has 0 aliphatic rings. The molecule has 0 radical (unpaired) electrons. The summed E-state index contributed by atoms with van der Waals surface area (Å²) >= 11 is 8.54. The largest absolute Gasteiger partial charge is 0.388 e. The Kier molecular flexibility index (Phi) is 4.73. The number of hydrogen-bond acceptors (Lipinski definition) is 1. The summed E-state index contributed by atoms with van der Waals surface area (Å²) < 4.78 is 41.1. The molecule has 1 N–H and O–H groups in total. The van der Waals surface area contributed by atoms with E-state index in [1.54, 1.807) is 0 Å². The average Bonchev–Trinajstić information content (AvgIpc) is 2.39. The van der Waals surface area contributed by atoms with E-state index in [9.17, 15) is 18.3 Å². The predicted molar refractivity (Wildman–Crippen MR) is 74.1 cm³/mol. The highest BCUT2D eigenvalue weighted by Crippen LogP contribution is 2.28. The van der Waals surface area contributed by atoms with E-state index in [4.69, 9.17) is 11.6 Å². The molecule has 0 bridgehead atoms. The summed E-state index contributed by atoms with van der Waals surface area (Å²) in [5, 5.41) is 10.1. The van der Waals surface area contributed by atoms with Gasteiger partial charge in [0.25, 0.3) is 0 Å². The van der Waals surface area contributed by atoms with E-state index in [-0.39, 0.29) is 27.0 Å². The fraction of sp³-hybridized carbons (Fsp3) is 0.143. The first kappa shape index (κ1) is 15.4. The number of aliphatic hydroxyl groups excluding tert-OH is 1. The first-order valence-corrected chi connectivity index (χ1v) is 6.82. The fourth-order valence-electron chi connectivity index (χ4n) is 1.83. The maximum absolute atomic E-state index is 13.8. The van der Waals surface area contributed by atoms with Crippen LogP contribution in [0, 0.1) is 17.5 Å². The van der Waals surface area contributed by atoms with Gasteiger partial charge in [0.1, 0.15) is 17.5 Å². The third-order valence-corrected chi connectivity index (χ3v) is 3.71. The minimum atomic E-state index is -1.37. The molecule has 1 nitrogen and oxygen atoms in total. The smallest absolute Gasteiger partial charge is 0.143 e. The Labute approximate surface area is 127 Å². The summed E-state index contributed by atoms with van der Waals surface area (Å²) in [6.07, 6.45) is -1.75. The first-order chi connectivity index (χ1) is 9.40. The Bertz CT molecular complexity index is 649. The van der Waals surface area contributed by atoms with Gasteiger partial charge < -0.3 is 5.11 Å². The number of benzene rings is 2. The SMILES string of the molecule is OC(Cc1c(F)ccc(Br)c1F)c1ccc(Cl)cc1F. The Hall–Kier alpha value is -1.04. The molecule has 0 saturated carbocycles. The van der Waals surface area contributed by atoms with Gasteiger partial charge in [0, 0.05) is 22.6 Å². The molecule has 1 atom stereocenters. The first-order valence-electron chi connectivity index (χ1n) is 5.65. The number of aliphatic hydroxyl groups is 1.